The van der Waals surface area contributed by atoms with E-state index in [-0.39, 0.29) is 20.6 Å². The van der Waals surface area contributed by atoms with Gasteiger partial charge in [-0.25, -0.2) is 8.42 Å². The third kappa shape index (κ3) is 3.39. The quantitative estimate of drug-likeness (QED) is 0.875. The van der Waals surface area contributed by atoms with Crippen molar-refractivity contribution < 1.29 is 8.42 Å². The summed E-state index contributed by atoms with van der Waals surface area (Å²) in [6.45, 7) is 0. The summed E-state index contributed by atoms with van der Waals surface area (Å²) in [6.07, 6.45) is 2.72. The molecule has 1 aromatic carbocycles. The van der Waals surface area contributed by atoms with Gasteiger partial charge in [-0.15, -0.1) is 0 Å². The van der Waals surface area contributed by atoms with Crippen molar-refractivity contribution in [2.75, 3.05) is 4.72 Å². The first-order chi connectivity index (χ1) is 8.90. The Bertz CT molecular complexity index is 702. The van der Waals surface area contributed by atoms with Gasteiger partial charge in [0.05, 0.1) is 15.7 Å². The molecule has 0 saturated heterocycles. The fourth-order valence-electron chi connectivity index (χ4n) is 1.33. The third-order valence-corrected chi connectivity index (χ3v) is 4.57. The zero-order valence-electron chi connectivity index (χ0n) is 9.27. The fraction of sp³-hybridized carbons (Fsp3) is 0. The van der Waals surface area contributed by atoms with E-state index < -0.39 is 10.0 Å². The van der Waals surface area contributed by atoms with E-state index in [2.05, 4.69) is 25.6 Å². The van der Waals surface area contributed by atoms with E-state index in [1.807, 2.05) is 0 Å². The molecular weight excluding hydrogens is 375 g/mol. The van der Waals surface area contributed by atoms with Gasteiger partial charge >= 0.3 is 0 Å². The Morgan fingerprint density at radius 2 is 1.79 bits per heavy atom. The van der Waals surface area contributed by atoms with Gasteiger partial charge in [0.25, 0.3) is 10.0 Å². The van der Waals surface area contributed by atoms with E-state index in [9.17, 15) is 8.42 Å². The second-order valence-corrected chi connectivity index (χ2v) is 6.95. The number of sulfonamides is 1. The van der Waals surface area contributed by atoms with Gasteiger partial charge in [0.2, 0.25) is 0 Å². The van der Waals surface area contributed by atoms with Gasteiger partial charge in [-0.3, -0.25) is 9.71 Å². The number of halogens is 3. The maximum absolute atomic E-state index is 12.2. The van der Waals surface area contributed by atoms with Gasteiger partial charge in [0.1, 0.15) is 4.90 Å². The number of rotatable bonds is 3. The first-order valence-corrected chi connectivity index (χ1v) is 8.01. The normalized spacial score (nSPS) is 11.3. The van der Waals surface area contributed by atoms with Crippen LogP contribution < -0.4 is 4.72 Å². The van der Waals surface area contributed by atoms with Gasteiger partial charge in [0.15, 0.2) is 0 Å². The highest BCUT2D eigenvalue weighted by Crippen LogP contribution is 2.31. The number of hydrogen-bond donors (Lipinski definition) is 1. The number of pyridine rings is 1. The summed E-state index contributed by atoms with van der Waals surface area (Å²) in [5.41, 5.74) is 0.144. The van der Waals surface area contributed by atoms with Crippen molar-refractivity contribution in [1.82, 2.24) is 4.98 Å². The number of aromatic nitrogens is 1. The monoisotopic (exact) mass is 380 g/mol. The lowest BCUT2D eigenvalue weighted by atomic mass is 10.3. The largest absolute Gasteiger partial charge is 0.277 e. The molecule has 2 rings (SSSR count). The summed E-state index contributed by atoms with van der Waals surface area (Å²) >= 11 is 15.0. The molecule has 0 aliphatic rings. The molecule has 0 aliphatic carbocycles. The van der Waals surface area contributed by atoms with Crippen molar-refractivity contribution >= 4 is 54.8 Å². The number of anilines is 1. The van der Waals surface area contributed by atoms with Gasteiger partial charge in [-0.1, -0.05) is 29.3 Å². The summed E-state index contributed by atoms with van der Waals surface area (Å²) in [5, 5.41) is 0.443. The van der Waals surface area contributed by atoms with Crippen molar-refractivity contribution in [2.24, 2.45) is 0 Å². The van der Waals surface area contributed by atoms with Crippen molar-refractivity contribution in [3.05, 3.63) is 51.2 Å². The Morgan fingerprint density at radius 3 is 2.37 bits per heavy atom. The molecule has 0 amide bonds. The van der Waals surface area contributed by atoms with E-state index >= 15 is 0 Å². The van der Waals surface area contributed by atoms with Crippen LogP contribution in [0.3, 0.4) is 0 Å². The topological polar surface area (TPSA) is 59.1 Å². The second-order valence-electron chi connectivity index (χ2n) is 3.54. The molecule has 1 aromatic heterocycles. The van der Waals surface area contributed by atoms with Crippen molar-refractivity contribution in [1.29, 1.82) is 0 Å². The highest BCUT2D eigenvalue weighted by Gasteiger charge is 2.18. The van der Waals surface area contributed by atoms with Crippen LogP contribution in [0.2, 0.25) is 10.0 Å². The molecule has 1 heterocycles. The van der Waals surface area contributed by atoms with Gasteiger partial charge in [-0.2, -0.15) is 0 Å². The maximum Gasteiger partial charge on any atom is 0.263 e. The minimum absolute atomic E-state index is 0.0119. The van der Waals surface area contributed by atoms with Crippen LogP contribution in [-0.4, -0.2) is 13.4 Å². The molecule has 4 nitrogen and oxygen atoms in total. The lowest BCUT2D eigenvalue weighted by Gasteiger charge is -2.11. The van der Waals surface area contributed by atoms with Crippen molar-refractivity contribution in [3.8, 4) is 0 Å². The number of nitrogens with one attached hydrogen (secondary N) is 1. The molecule has 0 bridgehead atoms. The molecule has 1 N–H and O–H groups in total. The molecule has 0 radical (unpaired) electrons. The summed E-state index contributed by atoms with van der Waals surface area (Å²) in [6, 6.07) is 6.15. The number of nitrogens with zero attached hydrogens (tertiary/aromatic N) is 1. The molecule has 0 spiro atoms. The smallest absolute Gasteiger partial charge is 0.263 e. The third-order valence-electron chi connectivity index (χ3n) is 2.19. The minimum Gasteiger partial charge on any atom is -0.277 e. The van der Waals surface area contributed by atoms with E-state index in [0.717, 1.165) is 0 Å². The lowest BCUT2D eigenvalue weighted by Crippen LogP contribution is -2.13. The molecule has 0 unspecified atom stereocenters. The Hall–Kier alpha value is -0.820. The number of para-hydroxylation sites is 1. The SMILES string of the molecule is O=S(=O)(Nc1c(Cl)cccc1Cl)c1cncc(Br)c1. The minimum atomic E-state index is -3.79. The van der Waals surface area contributed by atoms with Crippen molar-refractivity contribution in [3.63, 3.8) is 0 Å². The molecule has 0 aliphatic heterocycles. The summed E-state index contributed by atoms with van der Waals surface area (Å²) < 4.78 is 27.2. The molecular formula is C11H7BrCl2N2O2S. The second kappa shape index (κ2) is 5.66. The van der Waals surface area contributed by atoms with Crippen LogP contribution in [0.5, 0.6) is 0 Å². The Balaban J connectivity index is 2.42. The Labute approximate surface area is 128 Å². The molecule has 0 atom stereocenters. The highest BCUT2D eigenvalue weighted by atomic mass is 79.9. The molecule has 19 heavy (non-hydrogen) atoms. The summed E-state index contributed by atoms with van der Waals surface area (Å²) in [4.78, 5) is 3.82. The molecule has 2 aromatic rings. The molecule has 100 valence electrons. The zero-order chi connectivity index (χ0) is 14.0. The standard InChI is InChI=1S/C11H7BrCl2N2O2S/c12-7-4-8(6-15-5-7)19(17,18)16-11-9(13)2-1-3-10(11)14/h1-6,16H. The summed E-state index contributed by atoms with van der Waals surface area (Å²) in [7, 11) is -3.79. The average Bonchev–Trinajstić information content (AvgIpc) is 2.34. The number of hydrogen-bond acceptors (Lipinski definition) is 3. The first-order valence-electron chi connectivity index (χ1n) is 4.97. The predicted octanol–water partition coefficient (Wildman–Crippen LogP) is 3.95. The van der Waals surface area contributed by atoms with Crippen LogP contribution in [0.25, 0.3) is 0 Å². The van der Waals surface area contributed by atoms with Gasteiger partial charge < -0.3 is 0 Å². The van der Waals surface area contributed by atoms with E-state index in [0.29, 0.717) is 4.47 Å². The number of benzene rings is 1. The van der Waals surface area contributed by atoms with Crippen LogP contribution in [-0.2, 0) is 10.0 Å². The zero-order valence-corrected chi connectivity index (χ0v) is 13.2. The predicted molar refractivity (Wildman–Crippen MR) is 79.2 cm³/mol. The highest BCUT2D eigenvalue weighted by molar-refractivity contribution is 9.10. The van der Waals surface area contributed by atoms with Crippen LogP contribution in [0, 0.1) is 0 Å². The average molecular weight is 382 g/mol. The molecule has 8 heteroatoms. The fourth-order valence-corrected chi connectivity index (χ4v) is 3.54. The summed E-state index contributed by atoms with van der Waals surface area (Å²) in [5.74, 6) is 0. The molecule has 0 saturated carbocycles. The van der Waals surface area contributed by atoms with Crippen LogP contribution in [0.15, 0.2) is 46.0 Å². The van der Waals surface area contributed by atoms with E-state index in [1.54, 1.807) is 18.2 Å². The van der Waals surface area contributed by atoms with Crippen LogP contribution in [0.4, 0.5) is 5.69 Å². The lowest BCUT2D eigenvalue weighted by molar-refractivity contribution is 0.600. The van der Waals surface area contributed by atoms with E-state index in [4.69, 9.17) is 23.2 Å². The Kier molecular flexibility index (Phi) is 4.35. The first kappa shape index (κ1) is 14.6. The molecule has 0 fully saturated rings. The van der Waals surface area contributed by atoms with E-state index in [1.165, 1.54) is 18.5 Å². The van der Waals surface area contributed by atoms with Crippen molar-refractivity contribution in [2.45, 2.75) is 4.90 Å². The van der Waals surface area contributed by atoms with Gasteiger partial charge in [0, 0.05) is 16.9 Å². The van der Waals surface area contributed by atoms with Gasteiger partial charge in [-0.05, 0) is 34.1 Å². The Morgan fingerprint density at radius 1 is 1.16 bits per heavy atom. The van der Waals surface area contributed by atoms with Crippen LogP contribution >= 0.6 is 39.1 Å². The maximum atomic E-state index is 12.2. The van der Waals surface area contributed by atoms with Crippen LogP contribution in [0.1, 0.15) is 0 Å².